The number of hydrogen-bond acceptors (Lipinski definition) is 5. The number of halogens is 1. The number of aromatic nitrogens is 2. The van der Waals surface area contributed by atoms with Crippen LogP contribution in [-0.2, 0) is 9.47 Å². The van der Waals surface area contributed by atoms with Crippen molar-refractivity contribution in [3.63, 3.8) is 0 Å². The fourth-order valence-corrected chi connectivity index (χ4v) is 1.77. The molecular weight excluding hydrogens is 349 g/mol. The fraction of sp³-hybridized carbons (Fsp3) is 0.636. The lowest BCUT2D eigenvalue weighted by atomic mass is 10.3. The minimum Gasteiger partial charge on any atom is -0.382 e. The summed E-state index contributed by atoms with van der Waals surface area (Å²) in [4.78, 5) is 17.9. The molecule has 0 unspecified atom stereocenters. The predicted molar refractivity (Wildman–Crippen MR) is 78.0 cm³/mol. The van der Waals surface area contributed by atoms with Crippen molar-refractivity contribution in [1.29, 1.82) is 0 Å². The lowest BCUT2D eigenvalue weighted by Crippen LogP contribution is -2.15. The number of hydrogen-bond donors (Lipinski definition) is 2. The Morgan fingerprint density at radius 2 is 2.22 bits per heavy atom. The average molecular weight is 367 g/mol. The molecule has 1 heterocycles. The fourth-order valence-electron chi connectivity index (χ4n) is 1.29. The Morgan fingerprint density at radius 1 is 1.39 bits per heavy atom. The first-order valence-electron chi connectivity index (χ1n) is 5.79. The van der Waals surface area contributed by atoms with Crippen molar-refractivity contribution in [2.75, 3.05) is 38.8 Å². The maximum atomic E-state index is 11.3. The molecule has 18 heavy (non-hydrogen) atoms. The highest BCUT2D eigenvalue weighted by atomic mass is 127. The van der Waals surface area contributed by atoms with Gasteiger partial charge in [-0.25, -0.2) is 4.98 Å². The summed E-state index contributed by atoms with van der Waals surface area (Å²) in [7, 11) is 1.66. The number of unbranched alkanes of at least 4 members (excludes halogenated alkanes) is 1. The largest absolute Gasteiger partial charge is 0.382 e. The topological polar surface area (TPSA) is 76.2 Å². The van der Waals surface area contributed by atoms with Crippen molar-refractivity contribution in [1.82, 2.24) is 9.97 Å². The van der Waals surface area contributed by atoms with Gasteiger partial charge in [-0.2, -0.15) is 0 Å². The van der Waals surface area contributed by atoms with Crippen molar-refractivity contribution in [3.05, 3.63) is 20.3 Å². The molecule has 0 aromatic carbocycles. The van der Waals surface area contributed by atoms with Crippen molar-refractivity contribution in [2.24, 2.45) is 0 Å². The smallest absolute Gasteiger partial charge is 0.266 e. The summed E-state index contributed by atoms with van der Waals surface area (Å²) >= 11 is 1.98. The van der Waals surface area contributed by atoms with Crippen LogP contribution >= 0.6 is 22.6 Å². The van der Waals surface area contributed by atoms with Gasteiger partial charge in [0.25, 0.3) is 5.56 Å². The van der Waals surface area contributed by atoms with E-state index in [-0.39, 0.29) is 5.56 Å². The van der Waals surface area contributed by atoms with Crippen LogP contribution in [-0.4, -0.2) is 43.4 Å². The van der Waals surface area contributed by atoms with Crippen LogP contribution in [0.15, 0.2) is 11.1 Å². The monoisotopic (exact) mass is 367 g/mol. The van der Waals surface area contributed by atoms with E-state index in [0.717, 1.165) is 26.0 Å². The summed E-state index contributed by atoms with van der Waals surface area (Å²) in [6.07, 6.45) is 3.34. The van der Waals surface area contributed by atoms with Crippen LogP contribution in [0.1, 0.15) is 12.8 Å². The van der Waals surface area contributed by atoms with Crippen LogP contribution < -0.4 is 10.9 Å². The van der Waals surface area contributed by atoms with Gasteiger partial charge in [0.05, 0.1) is 19.5 Å². The number of rotatable bonds is 9. The van der Waals surface area contributed by atoms with Crippen LogP contribution in [0.2, 0.25) is 0 Å². The normalized spacial score (nSPS) is 10.6. The molecule has 0 aliphatic carbocycles. The van der Waals surface area contributed by atoms with Gasteiger partial charge >= 0.3 is 0 Å². The van der Waals surface area contributed by atoms with E-state index >= 15 is 0 Å². The van der Waals surface area contributed by atoms with Crippen molar-refractivity contribution in [2.45, 2.75) is 12.8 Å². The Labute approximate surface area is 120 Å². The molecule has 0 saturated carbocycles. The molecule has 2 N–H and O–H groups in total. The van der Waals surface area contributed by atoms with Crippen LogP contribution in [0.4, 0.5) is 5.82 Å². The summed E-state index contributed by atoms with van der Waals surface area (Å²) in [6.45, 7) is 2.77. The Hall–Kier alpha value is -0.670. The first-order chi connectivity index (χ1) is 8.75. The van der Waals surface area contributed by atoms with E-state index in [2.05, 4.69) is 15.3 Å². The van der Waals surface area contributed by atoms with E-state index in [4.69, 9.17) is 9.47 Å². The minimum atomic E-state index is -0.115. The molecule has 0 spiro atoms. The number of anilines is 1. The molecular formula is C11H18IN3O3. The van der Waals surface area contributed by atoms with E-state index in [1.807, 2.05) is 22.6 Å². The van der Waals surface area contributed by atoms with Crippen LogP contribution in [0.5, 0.6) is 0 Å². The third-order valence-electron chi connectivity index (χ3n) is 2.24. The maximum Gasteiger partial charge on any atom is 0.266 e. The molecule has 0 amide bonds. The molecule has 0 radical (unpaired) electrons. The molecule has 1 aromatic heterocycles. The number of H-pyrrole nitrogens is 1. The first-order valence-corrected chi connectivity index (χ1v) is 6.87. The Bertz CT molecular complexity index is 397. The summed E-state index contributed by atoms with van der Waals surface area (Å²) in [6, 6.07) is 0. The van der Waals surface area contributed by atoms with Gasteiger partial charge in [0, 0.05) is 20.3 Å². The molecule has 102 valence electrons. The highest BCUT2D eigenvalue weighted by molar-refractivity contribution is 14.1. The second-order valence-electron chi connectivity index (χ2n) is 3.63. The van der Waals surface area contributed by atoms with Gasteiger partial charge in [-0.05, 0) is 35.4 Å². The van der Waals surface area contributed by atoms with Gasteiger partial charge in [-0.1, -0.05) is 0 Å². The standard InChI is InChI=1S/C11H18IN3O3/c1-17-6-7-18-5-3-2-4-13-10-9(12)11(16)15-8-14-10/h8H,2-7H2,1H3,(H2,13,14,15,16). The summed E-state index contributed by atoms with van der Waals surface area (Å²) in [5.74, 6) is 0.639. The van der Waals surface area contributed by atoms with Crippen molar-refractivity contribution >= 4 is 28.4 Å². The lowest BCUT2D eigenvalue weighted by molar-refractivity contribution is 0.0691. The number of nitrogens with zero attached hydrogens (tertiary/aromatic N) is 1. The molecule has 0 aliphatic heterocycles. The zero-order valence-corrected chi connectivity index (χ0v) is 12.5. The average Bonchev–Trinajstić information content (AvgIpc) is 2.37. The van der Waals surface area contributed by atoms with Crippen LogP contribution in [0.25, 0.3) is 0 Å². The zero-order valence-electron chi connectivity index (χ0n) is 10.4. The minimum absolute atomic E-state index is 0.115. The number of nitrogens with one attached hydrogen (secondary N) is 2. The third-order valence-corrected chi connectivity index (χ3v) is 3.24. The molecule has 0 atom stereocenters. The molecule has 6 nitrogen and oxygen atoms in total. The van der Waals surface area contributed by atoms with Gasteiger partial charge in [0.1, 0.15) is 9.39 Å². The van der Waals surface area contributed by atoms with Gasteiger partial charge in [-0.15, -0.1) is 0 Å². The molecule has 0 bridgehead atoms. The van der Waals surface area contributed by atoms with Crippen molar-refractivity contribution in [3.8, 4) is 0 Å². The van der Waals surface area contributed by atoms with Gasteiger partial charge in [0.2, 0.25) is 0 Å². The Morgan fingerprint density at radius 3 is 3.00 bits per heavy atom. The van der Waals surface area contributed by atoms with E-state index in [1.54, 1.807) is 7.11 Å². The highest BCUT2D eigenvalue weighted by Gasteiger charge is 2.03. The number of ether oxygens (including phenoxy) is 2. The molecule has 0 aliphatic rings. The van der Waals surface area contributed by atoms with Crippen molar-refractivity contribution < 1.29 is 9.47 Å². The number of aromatic amines is 1. The maximum absolute atomic E-state index is 11.3. The van der Waals surface area contributed by atoms with Crippen LogP contribution in [0, 0.1) is 3.57 Å². The Kier molecular flexibility index (Phi) is 7.94. The SMILES string of the molecule is COCCOCCCCNc1nc[nH]c(=O)c1I. The highest BCUT2D eigenvalue weighted by Crippen LogP contribution is 2.08. The quantitative estimate of drug-likeness (QED) is 0.507. The summed E-state index contributed by atoms with van der Waals surface area (Å²) in [5, 5.41) is 3.14. The van der Waals surface area contributed by atoms with E-state index in [1.165, 1.54) is 6.33 Å². The third kappa shape index (κ3) is 5.78. The molecule has 1 rings (SSSR count). The molecule has 1 aromatic rings. The summed E-state index contributed by atoms with van der Waals surface area (Å²) < 4.78 is 10.8. The van der Waals surface area contributed by atoms with Crippen LogP contribution in [0.3, 0.4) is 0 Å². The first kappa shape index (κ1) is 15.4. The lowest BCUT2D eigenvalue weighted by Gasteiger charge is -2.07. The molecule has 7 heteroatoms. The zero-order chi connectivity index (χ0) is 13.2. The predicted octanol–water partition coefficient (Wildman–Crippen LogP) is 1.23. The van der Waals surface area contributed by atoms with Gasteiger partial charge < -0.3 is 19.8 Å². The van der Waals surface area contributed by atoms with E-state index < -0.39 is 0 Å². The van der Waals surface area contributed by atoms with Gasteiger partial charge in [0.15, 0.2) is 0 Å². The molecule has 0 saturated heterocycles. The number of methoxy groups -OCH3 is 1. The van der Waals surface area contributed by atoms with E-state index in [9.17, 15) is 4.79 Å². The summed E-state index contributed by atoms with van der Waals surface area (Å²) in [5.41, 5.74) is -0.115. The second-order valence-corrected chi connectivity index (χ2v) is 4.71. The second kappa shape index (κ2) is 9.29. The van der Waals surface area contributed by atoms with Gasteiger partial charge in [-0.3, -0.25) is 4.79 Å². The van der Waals surface area contributed by atoms with E-state index in [0.29, 0.717) is 22.6 Å². The molecule has 0 fully saturated rings. The Balaban J connectivity index is 2.11.